The van der Waals surface area contributed by atoms with E-state index in [4.69, 9.17) is 5.73 Å². The lowest BCUT2D eigenvalue weighted by Gasteiger charge is -2.23. The van der Waals surface area contributed by atoms with E-state index in [0.717, 1.165) is 4.88 Å². The Morgan fingerprint density at radius 3 is 2.60 bits per heavy atom. The summed E-state index contributed by atoms with van der Waals surface area (Å²) in [4.78, 5) is 11.7. The number of rotatable bonds is 7. The maximum absolute atomic E-state index is 12.2. The number of amides is 1. The van der Waals surface area contributed by atoms with Crippen molar-refractivity contribution in [3.05, 3.63) is 17.0 Å². The van der Waals surface area contributed by atoms with Gasteiger partial charge >= 0.3 is 0 Å². The SMILES string of the molecule is CC(=O)NCCc1ccc(S(=O)(=O)NC(C)(C)CN)s1. The number of nitrogens with one attached hydrogen (secondary N) is 2. The highest BCUT2D eigenvalue weighted by Gasteiger charge is 2.26. The molecule has 0 spiro atoms. The molecule has 0 fully saturated rings. The molecule has 1 aromatic heterocycles. The van der Waals surface area contributed by atoms with Crippen LogP contribution in [0.25, 0.3) is 0 Å². The molecule has 0 unspecified atom stereocenters. The Balaban J connectivity index is 2.73. The minimum atomic E-state index is -3.55. The molecule has 1 aromatic rings. The van der Waals surface area contributed by atoms with E-state index in [9.17, 15) is 13.2 Å². The molecule has 8 heteroatoms. The molecule has 0 aliphatic carbocycles. The van der Waals surface area contributed by atoms with Crippen LogP contribution in [-0.2, 0) is 21.2 Å². The average Bonchev–Trinajstić information content (AvgIpc) is 2.77. The molecule has 0 aliphatic rings. The second-order valence-electron chi connectivity index (χ2n) is 5.15. The van der Waals surface area contributed by atoms with Crippen LogP contribution in [0.15, 0.2) is 16.3 Å². The number of sulfonamides is 1. The summed E-state index contributed by atoms with van der Waals surface area (Å²) in [6.45, 7) is 5.62. The van der Waals surface area contributed by atoms with Crippen molar-refractivity contribution in [2.75, 3.05) is 13.1 Å². The highest BCUT2D eigenvalue weighted by Crippen LogP contribution is 2.23. The molecule has 0 bridgehead atoms. The summed E-state index contributed by atoms with van der Waals surface area (Å²) in [5.41, 5.74) is 4.85. The lowest BCUT2D eigenvalue weighted by Crippen LogP contribution is -2.48. The molecule has 0 radical (unpaired) electrons. The summed E-state index contributed by atoms with van der Waals surface area (Å²) in [5.74, 6) is -0.0965. The highest BCUT2D eigenvalue weighted by atomic mass is 32.2. The van der Waals surface area contributed by atoms with Gasteiger partial charge < -0.3 is 11.1 Å². The number of hydrogen-bond donors (Lipinski definition) is 3. The predicted octanol–water partition coefficient (Wildman–Crippen LogP) is 0.442. The third-order valence-corrected chi connectivity index (χ3v) is 5.90. The molecule has 0 saturated carbocycles. The lowest BCUT2D eigenvalue weighted by molar-refractivity contribution is -0.118. The molecule has 0 aliphatic heterocycles. The third kappa shape index (κ3) is 5.20. The van der Waals surface area contributed by atoms with Gasteiger partial charge in [-0.05, 0) is 32.4 Å². The first-order valence-corrected chi connectivity index (χ1v) is 8.53. The first-order chi connectivity index (χ1) is 9.16. The third-order valence-electron chi connectivity index (χ3n) is 2.57. The Hall–Kier alpha value is -0.960. The van der Waals surface area contributed by atoms with Gasteiger partial charge in [0.1, 0.15) is 4.21 Å². The van der Waals surface area contributed by atoms with Crippen LogP contribution in [0.1, 0.15) is 25.6 Å². The number of carbonyl (C=O) groups is 1. The van der Waals surface area contributed by atoms with E-state index in [0.29, 0.717) is 13.0 Å². The first-order valence-electron chi connectivity index (χ1n) is 6.23. The molecular formula is C12H21N3O3S2. The van der Waals surface area contributed by atoms with Crippen molar-refractivity contribution in [1.29, 1.82) is 0 Å². The number of carbonyl (C=O) groups excluding carboxylic acids is 1. The van der Waals surface area contributed by atoms with Gasteiger partial charge in [-0.2, -0.15) is 0 Å². The van der Waals surface area contributed by atoms with E-state index in [-0.39, 0.29) is 16.7 Å². The standard InChI is InChI=1S/C12H21N3O3S2/c1-9(16)14-7-6-10-4-5-11(19-10)20(17,18)15-12(2,3)8-13/h4-5,15H,6-8,13H2,1-3H3,(H,14,16). The van der Waals surface area contributed by atoms with E-state index in [1.807, 2.05) is 0 Å². The first kappa shape index (κ1) is 17.1. The summed E-state index contributed by atoms with van der Waals surface area (Å²) in [5, 5.41) is 2.68. The van der Waals surface area contributed by atoms with Gasteiger partial charge in [-0.3, -0.25) is 4.79 Å². The second-order valence-corrected chi connectivity index (χ2v) is 8.22. The topological polar surface area (TPSA) is 101 Å². The fraction of sp³-hybridized carbons (Fsp3) is 0.583. The van der Waals surface area contributed by atoms with E-state index in [1.165, 1.54) is 18.3 Å². The Morgan fingerprint density at radius 2 is 2.05 bits per heavy atom. The van der Waals surface area contributed by atoms with Crippen molar-refractivity contribution >= 4 is 27.3 Å². The summed E-state index contributed by atoms with van der Waals surface area (Å²) < 4.78 is 27.2. The average molecular weight is 319 g/mol. The zero-order chi connectivity index (χ0) is 15.4. The zero-order valence-corrected chi connectivity index (χ0v) is 13.5. The fourth-order valence-corrected chi connectivity index (χ4v) is 4.23. The Kier molecular flexibility index (Phi) is 5.69. The number of hydrogen-bond acceptors (Lipinski definition) is 5. The zero-order valence-electron chi connectivity index (χ0n) is 11.9. The number of nitrogens with two attached hydrogens (primary N) is 1. The van der Waals surface area contributed by atoms with E-state index in [1.54, 1.807) is 26.0 Å². The molecule has 114 valence electrons. The molecule has 20 heavy (non-hydrogen) atoms. The fourth-order valence-electron chi connectivity index (χ4n) is 1.45. The Morgan fingerprint density at radius 1 is 1.40 bits per heavy atom. The second kappa shape index (κ2) is 6.66. The van der Waals surface area contributed by atoms with Crippen LogP contribution >= 0.6 is 11.3 Å². The van der Waals surface area contributed by atoms with Gasteiger partial charge in [0.2, 0.25) is 5.91 Å². The minimum absolute atomic E-state index is 0.0965. The van der Waals surface area contributed by atoms with Gasteiger partial charge in [0.25, 0.3) is 10.0 Å². The minimum Gasteiger partial charge on any atom is -0.356 e. The number of thiophene rings is 1. The maximum atomic E-state index is 12.2. The van der Waals surface area contributed by atoms with Gasteiger partial charge in [0, 0.05) is 30.4 Å². The molecule has 0 aromatic carbocycles. The summed E-state index contributed by atoms with van der Waals surface area (Å²) in [6, 6.07) is 3.33. The Bertz CT molecular complexity index is 564. The predicted molar refractivity (Wildman–Crippen MR) is 80.2 cm³/mol. The molecule has 1 heterocycles. The smallest absolute Gasteiger partial charge is 0.250 e. The monoisotopic (exact) mass is 319 g/mol. The van der Waals surface area contributed by atoms with Crippen LogP contribution < -0.4 is 15.8 Å². The summed E-state index contributed by atoms with van der Waals surface area (Å²) in [6.07, 6.45) is 0.611. The van der Waals surface area contributed by atoms with Crippen LogP contribution in [0.3, 0.4) is 0 Å². The van der Waals surface area contributed by atoms with Crippen LogP contribution in [0, 0.1) is 0 Å². The maximum Gasteiger partial charge on any atom is 0.250 e. The van der Waals surface area contributed by atoms with E-state index < -0.39 is 15.6 Å². The van der Waals surface area contributed by atoms with Crippen LogP contribution in [0.2, 0.25) is 0 Å². The largest absolute Gasteiger partial charge is 0.356 e. The van der Waals surface area contributed by atoms with Gasteiger partial charge in [-0.1, -0.05) is 0 Å². The van der Waals surface area contributed by atoms with Gasteiger partial charge in [-0.25, -0.2) is 13.1 Å². The van der Waals surface area contributed by atoms with Crippen molar-refractivity contribution in [2.24, 2.45) is 5.73 Å². The van der Waals surface area contributed by atoms with Crippen molar-refractivity contribution in [2.45, 2.75) is 36.9 Å². The van der Waals surface area contributed by atoms with Crippen molar-refractivity contribution < 1.29 is 13.2 Å². The molecule has 0 atom stereocenters. The van der Waals surface area contributed by atoms with Crippen molar-refractivity contribution in [3.63, 3.8) is 0 Å². The molecule has 4 N–H and O–H groups in total. The van der Waals surface area contributed by atoms with Crippen molar-refractivity contribution in [1.82, 2.24) is 10.0 Å². The van der Waals surface area contributed by atoms with E-state index in [2.05, 4.69) is 10.0 Å². The van der Waals surface area contributed by atoms with Crippen LogP contribution in [-0.4, -0.2) is 33.0 Å². The summed E-state index contributed by atoms with van der Waals surface area (Å²) >= 11 is 1.20. The van der Waals surface area contributed by atoms with Crippen molar-refractivity contribution in [3.8, 4) is 0 Å². The lowest BCUT2D eigenvalue weighted by atomic mass is 10.1. The quantitative estimate of drug-likeness (QED) is 0.679. The molecular weight excluding hydrogens is 298 g/mol. The Labute approximate surface area is 123 Å². The van der Waals surface area contributed by atoms with Gasteiger partial charge in [0.15, 0.2) is 0 Å². The highest BCUT2D eigenvalue weighted by molar-refractivity contribution is 7.91. The molecule has 1 amide bonds. The molecule has 0 saturated heterocycles. The molecule has 1 rings (SSSR count). The van der Waals surface area contributed by atoms with E-state index >= 15 is 0 Å². The molecule has 6 nitrogen and oxygen atoms in total. The van der Waals surface area contributed by atoms with Gasteiger partial charge in [0.05, 0.1) is 0 Å². The normalized spacial score (nSPS) is 12.4. The van der Waals surface area contributed by atoms with Crippen LogP contribution in [0.5, 0.6) is 0 Å². The van der Waals surface area contributed by atoms with Crippen LogP contribution in [0.4, 0.5) is 0 Å². The summed E-state index contributed by atoms with van der Waals surface area (Å²) in [7, 11) is -3.55. The van der Waals surface area contributed by atoms with Gasteiger partial charge in [-0.15, -0.1) is 11.3 Å².